The quantitative estimate of drug-likeness (QED) is 0.498. The van der Waals surface area contributed by atoms with Gasteiger partial charge in [0.25, 0.3) is 0 Å². The van der Waals surface area contributed by atoms with Crippen molar-refractivity contribution in [3.8, 4) is 11.1 Å². The molecule has 0 spiro atoms. The van der Waals surface area contributed by atoms with Crippen LogP contribution < -0.4 is 5.32 Å². The van der Waals surface area contributed by atoms with Crippen LogP contribution >= 0.6 is 0 Å². The van der Waals surface area contributed by atoms with Crippen LogP contribution in [0.25, 0.3) is 11.1 Å². The van der Waals surface area contributed by atoms with Crippen LogP contribution in [0.15, 0.2) is 48.5 Å². The number of carboxylic acids is 2. The second kappa shape index (κ2) is 10.9. The summed E-state index contributed by atoms with van der Waals surface area (Å²) in [6, 6.07) is 15.2. The largest absolute Gasteiger partial charge is 0.481 e. The molecule has 32 heavy (non-hydrogen) atoms. The molecule has 0 bridgehead atoms. The number of hydrogen-bond acceptors (Lipinski definition) is 3. The lowest BCUT2D eigenvalue weighted by Crippen LogP contribution is -2.51. The number of aliphatic carboxylic acids is 2. The Kier molecular flexibility index (Phi) is 8.58. The van der Waals surface area contributed by atoms with Crippen LogP contribution in [-0.4, -0.2) is 34.1 Å². The smallest absolute Gasteiger partial charge is 0.326 e. The molecule has 0 unspecified atom stereocenters. The lowest BCUT2D eigenvalue weighted by Gasteiger charge is -2.29. The van der Waals surface area contributed by atoms with Crippen molar-refractivity contribution in [1.29, 1.82) is 0 Å². The van der Waals surface area contributed by atoms with Crippen LogP contribution in [-0.2, 0) is 20.8 Å². The van der Waals surface area contributed by atoms with Gasteiger partial charge in [-0.15, -0.1) is 0 Å². The molecule has 0 aliphatic carbocycles. The van der Waals surface area contributed by atoms with Gasteiger partial charge in [-0.2, -0.15) is 0 Å². The fourth-order valence-corrected chi connectivity index (χ4v) is 3.82. The fraction of sp³-hybridized carbons (Fsp3) is 0.423. The van der Waals surface area contributed by atoms with Crippen LogP contribution in [0.5, 0.6) is 0 Å². The maximum Gasteiger partial charge on any atom is 0.326 e. The number of rotatable bonds is 10. The molecule has 6 heteroatoms. The van der Waals surface area contributed by atoms with Gasteiger partial charge >= 0.3 is 11.9 Å². The van der Waals surface area contributed by atoms with E-state index in [1.54, 1.807) is 20.8 Å². The third-order valence-electron chi connectivity index (χ3n) is 5.54. The second-order valence-corrected chi connectivity index (χ2v) is 9.36. The van der Waals surface area contributed by atoms with E-state index in [2.05, 4.69) is 23.5 Å². The zero-order valence-corrected chi connectivity index (χ0v) is 19.2. The first-order chi connectivity index (χ1) is 15.0. The van der Waals surface area contributed by atoms with Gasteiger partial charge in [-0.05, 0) is 48.3 Å². The van der Waals surface area contributed by atoms with Crippen molar-refractivity contribution in [2.75, 3.05) is 0 Å². The summed E-state index contributed by atoms with van der Waals surface area (Å²) in [7, 11) is 0. The zero-order chi connectivity index (χ0) is 23.9. The Morgan fingerprint density at radius 2 is 1.69 bits per heavy atom. The lowest BCUT2D eigenvalue weighted by molar-refractivity contribution is -0.146. The minimum atomic E-state index is -1.13. The fourth-order valence-electron chi connectivity index (χ4n) is 3.82. The number of carbonyl (C=O) groups is 3. The van der Waals surface area contributed by atoms with Crippen LogP contribution in [0.3, 0.4) is 0 Å². The Morgan fingerprint density at radius 1 is 1.00 bits per heavy atom. The summed E-state index contributed by atoms with van der Waals surface area (Å²) in [5.74, 6) is -3.52. The number of amides is 1. The molecule has 0 saturated carbocycles. The van der Waals surface area contributed by atoms with Crippen LogP contribution in [0.1, 0.15) is 51.2 Å². The minimum Gasteiger partial charge on any atom is -0.481 e. The molecular weight excluding hydrogens is 406 g/mol. The number of hydrogen-bond donors (Lipinski definition) is 3. The van der Waals surface area contributed by atoms with Gasteiger partial charge in [0.05, 0.1) is 6.42 Å². The molecule has 1 amide bonds. The Morgan fingerprint density at radius 3 is 2.28 bits per heavy atom. The van der Waals surface area contributed by atoms with E-state index in [9.17, 15) is 24.6 Å². The highest BCUT2D eigenvalue weighted by molar-refractivity contribution is 5.87. The highest BCUT2D eigenvalue weighted by atomic mass is 16.4. The lowest BCUT2D eigenvalue weighted by atomic mass is 9.86. The highest BCUT2D eigenvalue weighted by Crippen LogP contribution is 2.27. The van der Waals surface area contributed by atoms with Gasteiger partial charge in [-0.3, -0.25) is 9.59 Å². The minimum absolute atomic E-state index is 0.332. The van der Waals surface area contributed by atoms with E-state index < -0.39 is 35.2 Å². The maximum absolute atomic E-state index is 12.8. The van der Waals surface area contributed by atoms with Crippen molar-refractivity contribution in [2.45, 2.75) is 59.4 Å². The van der Waals surface area contributed by atoms with Crippen molar-refractivity contribution in [1.82, 2.24) is 5.32 Å². The Bertz CT molecular complexity index is 961. The summed E-state index contributed by atoms with van der Waals surface area (Å²) in [4.78, 5) is 35.7. The van der Waals surface area contributed by atoms with Gasteiger partial charge < -0.3 is 15.5 Å². The molecule has 2 aromatic rings. The summed E-state index contributed by atoms with van der Waals surface area (Å²) in [5, 5.41) is 21.3. The highest BCUT2D eigenvalue weighted by Gasteiger charge is 2.34. The first kappa shape index (κ1) is 25.1. The molecule has 0 saturated heterocycles. The van der Waals surface area contributed by atoms with E-state index >= 15 is 0 Å². The predicted molar refractivity (Wildman–Crippen MR) is 124 cm³/mol. The maximum atomic E-state index is 12.8. The SMILES string of the molecule is Cc1cccc(-c2ccccc2CCC[C@H](CC(=O)O)C(=O)N[C@H](C(=O)O)C(C)(C)C)c1. The van der Waals surface area contributed by atoms with Crippen LogP contribution in [0.4, 0.5) is 0 Å². The van der Waals surface area contributed by atoms with Gasteiger partial charge in [0, 0.05) is 5.92 Å². The third-order valence-corrected chi connectivity index (χ3v) is 5.54. The number of nitrogens with one attached hydrogen (secondary N) is 1. The number of benzene rings is 2. The first-order valence-corrected chi connectivity index (χ1v) is 10.9. The number of carboxylic acid groups (broad SMARTS) is 2. The molecule has 0 fully saturated rings. The summed E-state index contributed by atoms with van der Waals surface area (Å²) in [6.07, 6.45) is 1.33. The molecule has 3 N–H and O–H groups in total. The summed E-state index contributed by atoms with van der Waals surface area (Å²) in [5.41, 5.74) is 3.85. The summed E-state index contributed by atoms with van der Waals surface area (Å²) < 4.78 is 0. The molecule has 0 aliphatic rings. The Balaban J connectivity index is 2.11. The molecule has 172 valence electrons. The Hall–Kier alpha value is -3.15. The van der Waals surface area contributed by atoms with E-state index in [0.717, 1.165) is 16.7 Å². The van der Waals surface area contributed by atoms with Gasteiger partial charge in [0.15, 0.2) is 0 Å². The molecule has 0 aliphatic heterocycles. The molecule has 2 atom stereocenters. The standard InChI is InChI=1S/C26H33NO5/c1-17-9-7-12-19(15-17)21-14-6-5-10-18(21)11-8-13-20(16-22(28)29)24(30)27-23(25(31)32)26(2,3)4/h5-7,9-10,12,14-15,20,23H,8,11,13,16H2,1-4H3,(H,27,30)(H,28,29)(H,31,32)/t20-,23-/m1/s1. The molecular formula is C26H33NO5. The Labute approximate surface area is 189 Å². The zero-order valence-electron chi connectivity index (χ0n) is 19.2. The first-order valence-electron chi connectivity index (χ1n) is 10.9. The van der Waals surface area contributed by atoms with E-state index in [1.165, 1.54) is 5.56 Å². The monoisotopic (exact) mass is 439 g/mol. The third kappa shape index (κ3) is 7.22. The molecule has 0 heterocycles. The van der Waals surface area contributed by atoms with Gasteiger partial charge in [-0.25, -0.2) is 4.79 Å². The van der Waals surface area contributed by atoms with E-state index in [-0.39, 0.29) is 6.42 Å². The number of aryl methyl sites for hydroxylation is 2. The van der Waals surface area contributed by atoms with Crippen molar-refractivity contribution < 1.29 is 24.6 Å². The van der Waals surface area contributed by atoms with E-state index in [4.69, 9.17) is 0 Å². The summed E-state index contributed by atoms with van der Waals surface area (Å²) in [6.45, 7) is 7.21. The molecule has 2 rings (SSSR count). The van der Waals surface area contributed by atoms with Gasteiger partial charge in [-0.1, -0.05) is 74.9 Å². The van der Waals surface area contributed by atoms with Crippen molar-refractivity contribution in [3.63, 3.8) is 0 Å². The molecule has 6 nitrogen and oxygen atoms in total. The van der Waals surface area contributed by atoms with Crippen molar-refractivity contribution in [2.24, 2.45) is 11.3 Å². The second-order valence-electron chi connectivity index (χ2n) is 9.36. The topological polar surface area (TPSA) is 104 Å². The van der Waals surface area contributed by atoms with Crippen molar-refractivity contribution in [3.05, 3.63) is 59.7 Å². The molecule has 0 radical (unpaired) electrons. The van der Waals surface area contributed by atoms with Gasteiger partial charge in [0.2, 0.25) is 5.91 Å². The number of carbonyl (C=O) groups excluding carboxylic acids is 1. The van der Waals surface area contributed by atoms with Crippen LogP contribution in [0, 0.1) is 18.3 Å². The summed E-state index contributed by atoms with van der Waals surface area (Å²) >= 11 is 0. The molecule has 2 aromatic carbocycles. The molecule has 0 aromatic heterocycles. The van der Waals surface area contributed by atoms with E-state index in [0.29, 0.717) is 19.3 Å². The average Bonchev–Trinajstić information content (AvgIpc) is 2.70. The predicted octanol–water partition coefficient (Wildman–Crippen LogP) is 4.69. The normalized spacial score (nSPS) is 13.2. The van der Waals surface area contributed by atoms with Crippen molar-refractivity contribution >= 4 is 17.8 Å². The average molecular weight is 440 g/mol. The van der Waals surface area contributed by atoms with Gasteiger partial charge in [0.1, 0.15) is 6.04 Å². The van der Waals surface area contributed by atoms with E-state index in [1.807, 2.05) is 37.3 Å². The van der Waals surface area contributed by atoms with Crippen LogP contribution in [0.2, 0.25) is 0 Å².